The van der Waals surface area contributed by atoms with E-state index in [-0.39, 0.29) is 23.3 Å². The summed E-state index contributed by atoms with van der Waals surface area (Å²) in [5.74, 6) is -0.846. The van der Waals surface area contributed by atoms with E-state index in [1.54, 1.807) is 32.0 Å². The summed E-state index contributed by atoms with van der Waals surface area (Å²) in [4.78, 5) is 18.9. The van der Waals surface area contributed by atoms with Gasteiger partial charge in [-0.25, -0.2) is 22.9 Å². The molecule has 1 aromatic heterocycles. The summed E-state index contributed by atoms with van der Waals surface area (Å²) < 4.78 is 42.8. The lowest BCUT2D eigenvalue weighted by molar-refractivity contribution is -0.119. The van der Waals surface area contributed by atoms with E-state index in [1.807, 2.05) is 0 Å². The van der Waals surface area contributed by atoms with Crippen LogP contribution in [-0.2, 0) is 14.8 Å². The molecule has 168 valence electrons. The fourth-order valence-corrected chi connectivity index (χ4v) is 3.48. The number of amides is 1. The number of aryl methyl sites for hydroxylation is 2. The third kappa shape index (κ3) is 5.68. The van der Waals surface area contributed by atoms with Crippen molar-refractivity contribution >= 4 is 39.1 Å². The topological polar surface area (TPSA) is 162 Å². The Labute approximate surface area is 183 Å². The van der Waals surface area contributed by atoms with Crippen molar-refractivity contribution in [1.82, 2.24) is 9.97 Å². The molecule has 0 fully saturated rings. The highest BCUT2D eigenvalue weighted by atomic mass is 32.2. The fourth-order valence-electron chi connectivity index (χ4n) is 2.93. The summed E-state index contributed by atoms with van der Waals surface area (Å²) in [5.41, 5.74) is 7.42. The lowest BCUT2D eigenvalue weighted by Crippen LogP contribution is -2.20. The number of ether oxygens (including phenoxy) is 1. The quantitative estimate of drug-likeness (QED) is 0.398. The van der Waals surface area contributed by atoms with Crippen LogP contribution in [0.5, 0.6) is 5.75 Å². The minimum atomic E-state index is -3.88. The van der Waals surface area contributed by atoms with E-state index in [4.69, 9.17) is 15.6 Å². The van der Waals surface area contributed by atoms with E-state index in [2.05, 4.69) is 20.6 Å². The van der Waals surface area contributed by atoms with Crippen molar-refractivity contribution in [3.8, 4) is 5.75 Å². The minimum Gasteiger partial charge on any atom is -0.483 e. The lowest BCUT2D eigenvalue weighted by atomic mass is 10.1. The molecule has 10 nitrogen and oxygen atoms in total. The maximum Gasteiger partial charge on any atom is 0.255 e. The number of nitrogens with one attached hydrogen (secondary N) is 2. The van der Waals surface area contributed by atoms with Crippen LogP contribution in [0.3, 0.4) is 0 Å². The van der Waals surface area contributed by atoms with Crippen LogP contribution >= 0.6 is 0 Å². The highest BCUT2D eigenvalue weighted by Crippen LogP contribution is 2.29. The molecule has 12 heteroatoms. The number of nitrogens with zero attached hydrogens (tertiary/aromatic N) is 2. The van der Waals surface area contributed by atoms with Gasteiger partial charge in [-0.15, -0.1) is 0 Å². The zero-order chi connectivity index (χ0) is 23.5. The van der Waals surface area contributed by atoms with Crippen LogP contribution in [0.2, 0.25) is 0 Å². The van der Waals surface area contributed by atoms with Gasteiger partial charge in [-0.1, -0.05) is 6.07 Å². The Morgan fingerprint density at radius 2 is 1.81 bits per heavy atom. The molecule has 0 radical (unpaired) electrons. The first-order chi connectivity index (χ1) is 15.0. The van der Waals surface area contributed by atoms with E-state index in [0.29, 0.717) is 28.3 Å². The Morgan fingerprint density at radius 1 is 1.12 bits per heavy atom. The van der Waals surface area contributed by atoms with E-state index < -0.39 is 21.7 Å². The van der Waals surface area contributed by atoms with Gasteiger partial charge >= 0.3 is 0 Å². The number of carbonyl (C=O) groups is 1. The largest absolute Gasteiger partial charge is 0.483 e. The number of primary sulfonamides is 1. The van der Waals surface area contributed by atoms with Gasteiger partial charge in [0, 0.05) is 11.4 Å². The molecule has 0 unspecified atom stereocenters. The van der Waals surface area contributed by atoms with Crippen molar-refractivity contribution in [2.24, 2.45) is 10.9 Å². The number of rotatable bonds is 8. The van der Waals surface area contributed by atoms with Gasteiger partial charge in [-0.2, -0.15) is 4.98 Å². The number of nitrogens with two attached hydrogens (primary N) is 2. The van der Waals surface area contributed by atoms with E-state index in [0.717, 1.165) is 6.20 Å². The predicted molar refractivity (Wildman–Crippen MR) is 117 cm³/mol. The standard InChI is InChI=1S/C20H21FN6O4S/c1-11-6-14(7-12(2)18(11)31-10-17(22)28)25-19-16(21)9-24-20(27-19)26-13-4-3-5-15(8-13)32(23,29)30/h3-9H,10H2,1-2H3,(H2,22,28)(H2,23,29,30)(H2,24,25,26,27). The number of sulfonamides is 1. The molecule has 1 heterocycles. The molecule has 32 heavy (non-hydrogen) atoms. The molecule has 6 N–H and O–H groups in total. The van der Waals surface area contributed by atoms with Crippen molar-refractivity contribution in [3.05, 3.63) is 59.5 Å². The summed E-state index contributed by atoms with van der Waals surface area (Å²) in [5, 5.41) is 10.8. The average molecular weight is 460 g/mol. The highest BCUT2D eigenvalue weighted by molar-refractivity contribution is 7.89. The number of hydrogen-bond donors (Lipinski definition) is 4. The second kappa shape index (κ2) is 9.16. The number of anilines is 4. The Kier molecular flexibility index (Phi) is 6.55. The van der Waals surface area contributed by atoms with Gasteiger partial charge in [-0.05, 0) is 55.3 Å². The van der Waals surface area contributed by atoms with Gasteiger partial charge in [0.05, 0.1) is 11.1 Å². The molecule has 1 amide bonds. The molecule has 0 saturated heterocycles. The van der Waals surface area contributed by atoms with Crippen molar-refractivity contribution in [2.45, 2.75) is 18.7 Å². The Balaban J connectivity index is 1.83. The van der Waals surface area contributed by atoms with Crippen LogP contribution in [0.1, 0.15) is 11.1 Å². The predicted octanol–water partition coefficient (Wildman–Crippen LogP) is 2.23. The molecule has 0 aliphatic heterocycles. The maximum absolute atomic E-state index is 14.3. The highest BCUT2D eigenvalue weighted by Gasteiger charge is 2.13. The van der Waals surface area contributed by atoms with Crippen molar-refractivity contribution in [1.29, 1.82) is 0 Å². The van der Waals surface area contributed by atoms with Crippen LogP contribution in [0.15, 0.2) is 47.5 Å². The molecule has 0 aliphatic carbocycles. The van der Waals surface area contributed by atoms with Gasteiger partial charge in [0.1, 0.15) is 5.75 Å². The van der Waals surface area contributed by atoms with Gasteiger partial charge < -0.3 is 21.1 Å². The van der Waals surface area contributed by atoms with Crippen LogP contribution in [-0.4, -0.2) is 30.9 Å². The molecular formula is C20H21FN6O4S. The van der Waals surface area contributed by atoms with Crippen LogP contribution in [0, 0.1) is 19.7 Å². The molecule has 0 aliphatic rings. The van der Waals surface area contributed by atoms with Crippen LogP contribution in [0.25, 0.3) is 0 Å². The number of aromatic nitrogens is 2. The van der Waals surface area contributed by atoms with E-state index >= 15 is 0 Å². The van der Waals surface area contributed by atoms with E-state index in [9.17, 15) is 17.6 Å². The smallest absolute Gasteiger partial charge is 0.255 e. The van der Waals surface area contributed by atoms with Crippen molar-refractivity contribution in [3.63, 3.8) is 0 Å². The molecule has 2 aromatic carbocycles. The lowest BCUT2D eigenvalue weighted by Gasteiger charge is -2.15. The third-order valence-corrected chi connectivity index (χ3v) is 5.16. The first kappa shape index (κ1) is 22.9. The summed E-state index contributed by atoms with van der Waals surface area (Å²) in [6.45, 7) is 3.29. The molecule has 0 bridgehead atoms. The normalized spacial score (nSPS) is 11.1. The first-order valence-corrected chi connectivity index (χ1v) is 10.8. The van der Waals surface area contributed by atoms with Crippen LogP contribution in [0.4, 0.5) is 27.5 Å². The zero-order valence-corrected chi connectivity index (χ0v) is 18.0. The Bertz CT molecular complexity index is 1260. The number of halogens is 1. The Morgan fingerprint density at radius 3 is 2.44 bits per heavy atom. The molecule has 0 saturated carbocycles. The number of primary amides is 1. The van der Waals surface area contributed by atoms with Gasteiger partial charge in [0.15, 0.2) is 18.2 Å². The summed E-state index contributed by atoms with van der Waals surface area (Å²) in [7, 11) is -3.88. The number of carbonyl (C=O) groups excluding carboxylic acids is 1. The average Bonchev–Trinajstić information content (AvgIpc) is 2.69. The second-order valence-corrected chi connectivity index (χ2v) is 8.47. The maximum atomic E-state index is 14.3. The summed E-state index contributed by atoms with van der Waals surface area (Å²) in [6.07, 6.45) is 0.977. The van der Waals surface area contributed by atoms with Crippen molar-refractivity contribution in [2.75, 3.05) is 17.2 Å². The van der Waals surface area contributed by atoms with Gasteiger partial charge in [0.25, 0.3) is 5.91 Å². The number of hydrogen-bond acceptors (Lipinski definition) is 8. The van der Waals surface area contributed by atoms with Gasteiger partial charge in [-0.3, -0.25) is 4.79 Å². The first-order valence-electron chi connectivity index (χ1n) is 9.25. The number of benzene rings is 2. The second-order valence-electron chi connectivity index (χ2n) is 6.91. The molecular weight excluding hydrogens is 439 g/mol. The van der Waals surface area contributed by atoms with Gasteiger partial charge in [0.2, 0.25) is 16.0 Å². The fraction of sp³-hybridized carbons (Fsp3) is 0.150. The van der Waals surface area contributed by atoms with E-state index in [1.165, 1.54) is 18.2 Å². The third-order valence-electron chi connectivity index (χ3n) is 4.24. The molecule has 3 aromatic rings. The van der Waals surface area contributed by atoms with Crippen LogP contribution < -0.4 is 26.2 Å². The summed E-state index contributed by atoms with van der Waals surface area (Å²) in [6, 6.07) is 9.15. The Hall–Kier alpha value is -3.77. The monoisotopic (exact) mass is 460 g/mol. The SMILES string of the molecule is Cc1cc(Nc2nc(Nc3cccc(S(N)(=O)=O)c3)ncc2F)cc(C)c1OCC(N)=O. The molecule has 0 spiro atoms. The molecule has 3 rings (SSSR count). The van der Waals surface area contributed by atoms with Crippen molar-refractivity contribution < 1.29 is 22.3 Å². The zero-order valence-electron chi connectivity index (χ0n) is 17.2. The minimum absolute atomic E-state index is 0.0373. The molecule has 0 atom stereocenters. The summed E-state index contributed by atoms with van der Waals surface area (Å²) >= 11 is 0.